The zero-order chi connectivity index (χ0) is 15.5. The van der Waals surface area contributed by atoms with Gasteiger partial charge < -0.3 is 15.5 Å². The predicted molar refractivity (Wildman–Crippen MR) is 85.1 cm³/mol. The first-order valence-corrected chi connectivity index (χ1v) is 8.13. The summed E-state index contributed by atoms with van der Waals surface area (Å²) in [6.07, 6.45) is 2.20. The van der Waals surface area contributed by atoms with E-state index < -0.39 is 11.6 Å². The van der Waals surface area contributed by atoms with Crippen molar-refractivity contribution >= 4 is 21.9 Å². The maximum atomic E-state index is 10.9. The first kappa shape index (κ1) is 16.5. The Bertz CT molecular complexity index is 498. The van der Waals surface area contributed by atoms with E-state index in [1.807, 2.05) is 18.2 Å². The maximum Gasteiger partial charge on any atom is 0.306 e. The number of hydrogen-bond acceptors (Lipinski definition) is 3. The van der Waals surface area contributed by atoms with Gasteiger partial charge in [-0.05, 0) is 50.3 Å². The molecule has 3 N–H and O–H groups in total. The van der Waals surface area contributed by atoms with Gasteiger partial charge in [-0.3, -0.25) is 4.79 Å². The van der Waals surface area contributed by atoms with Crippen molar-refractivity contribution in [2.75, 3.05) is 6.54 Å². The third-order valence-electron chi connectivity index (χ3n) is 4.35. The van der Waals surface area contributed by atoms with Crippen molar-refractivity contribution in [3.8, 4) is 0 Å². The van der Waals surface area contributed by atoms with Gasteiger partial charge in [0.1, 0.15) is 0 Å². The standard InChI is InChI=1S/C16H22BrNO3/c1-11(13-3-2-4-14(17)9-13)18-10-16(21)7-5-12(6-8-16)15(19)20/h2-4,9,11-12,18,21H,5-8,10H2,1H3,(H,19,20). The van der Waals surface area contributed by atoms with E-state index >= 15 is 0 Å². The van der Waals surface area contributed by atoms with E-state index in [0.717, 1.165) is 10.0 Å². The molecule has 1 aromatic carbocycles. The molecule has 1 aromatic rings. The highest BCUT2D eigenvalue weighted by Crippen LogP contribution is 2.32. The number of halogens is 1. The molecule has 0 bridgehead atoms. The Labute approximate surface area is 133 Å². The van der Waals surface area contributed by atoms with Crippen LogP contribution < -0.4 is 5.32 Å². The van der Waals surface area contributed by atoms with Crippen LogP contribution in [0.15, 0.2) is 28.7 Å². The molecular formula is C16H22BrNO3. The Balaban J connectivity index is 1.86. The quantitative estimate of drug-likeness (QED) is 0.758. The first-order chi connectivity index (χ1) is 9.89. The van der Waals surface area contributed by atoms with E-state index in [2.05, 4.69) is 34.2 Å². The number of carbonyl (C=O) groups is 1. The highest BCUT2D eigenvalue weighted by molar-refractivity contribution is 9.10. The van der Waals surface area contributed by atoms with Crippen LogP contribution in [0, 0.1) is 5.92 Å². The summed E-state index contributed by atoms with van der Waals surface area (Å²) < 4.78 is 1.04. The van der Waals surface area contributed by atoms with E-state index in [1.165, 1.54) is 0 Å². The van der Waals surface area contributed by atoms with E-state index in [4.69, 9.17) is 5.11 Å². The average molecular weight is 356 g/mol. The van der Waals surface area contributed by atoms with Gasteiger partial charge in [0.05, 0.1) is 11.5 Å². The number of benzene rings is 1. The van der Waals surface area contributed by atoms with E-state index in [-0.39, 0.29) is 12.0 Å². The molecule has 1 saturated carbocycles. The van der Waals surface area contributed by atoms with Crippen LogP contribution in [0.1, 0.15) is 44.2 Å². The second kappa shape index (κ2) is 6.90. The molecule has 0 radical (unpaired) electrons. The Hall–Kier alpha value is -0.910. The number of carboxylic acids is 1. The lowest BCUT2D eigenvalue weighted by atomic mass is 9.78. The molecule has 0 aliphatic heterocycles. The predicted octanol–water partition coefficient (Wildman–Crippen LogP) is 3.11. The van der Waals surface area contributed by atoms with Crippen LogP contribution >= 0.6 is 15.9 Å². The molecule has 0 heterocycles. The van der Waals surface area contributed by atoms with Crippen LogP contribution in [0.4, 0.5) is 0 Å². The molecule has 1 unspecified atom stereocenters. The molecule has 5 heteroatoms. The molecule has 0 saturated heterocycles. The lowest BCUT2D eigenvalue weighted by Crippen LogP contribution is -2.45. The normalized spacial score (nSPS) is 27.3. The van der Waals surface area contributed by atoms with E-state index in [1.54, 1.807) is 0 Å². The molecule has 21 heavy (non-hydrogen) atoms. The number of rotatable bonds is 5. The van der Waals surface area contributed by atoms with Crippen LogP contribution in [0.25, 0.3) is 0 Å². The molecule has 1 aliphatic carbocycles. The second-order valence-corrected chi connectivity index (χ2v) is 6.91. The van der Waals surface area contributed by atoms with Gasteiger partial charge in [-0.25, -0.2) is 0 Å². The Morgan fingerprint density at radius 1 is 1.48 bits per heavy atom. The summed E-state index contributed by atoms with van der Waals surface area (Å²) in [5, 5.41) is 22.9. The SMILES string of the molecule is CC(NCC1(O)CCC(C(=O)O)CC1)c1cccc(Br)c1. The number of hydrogen-bond donors (Lipinski definition) is 3. The van der Waals surface area contributed by atoms with E-state index in [9.17, 15) is 9.90 Å². The Morgan fingerprint density at radius 2 is 2.14 bits per heavy atom. The summed E-state index contributed by atoms with van der Waals surface area (Å²) in [6, 6.07) is 8.22. The zero-order valence-corrected chi connectivity index (χ0v) is 13.8. The fraction of sp³-hybridized carbons (Fsp3) is 0.562. The van der Waals surface area contributed by atoms with Crippen molar-refractivity contribution in [1.82, 2.24) is 5.32 Å². The number of nitrogens with one attached hydrogen (secondary N) is 1. The molecule has 116 valence electrons. The summed E-state index contributed by atoms with van der Waals surface area (Å²) in [7, 11) is 0. The lowest BCUT2D eigenvalue weighted by Gasteiger charge is -2.35. The third kappa shape index (κ3) is 4.53. The lowest BCUT2D eigenvalue weighted by molar-refractivity contribution is -0.144. The molecule has 0 amide bonds. The van der Waals surface area contributed by atoms with Crippen LogP contribution in [-0.2, 0) is 4.79 Å². The van der Waals surface area contributed by atoms with Gasteiger partial charge in [0.2, 0.25) is 0 Å². The molecule has 4 nitrogen and oxygen atoms in total. The second-order valence-electron chi connectivity index (χ2n) is 5.99. The van der Waals surface area contributed by atoms with Gasteiger partial charge in [0.15, 0.2) is 0 Å². The fourth-order valence-corrected chi connectivity index (χ4v) is 3.23. The van der Waals surface area contributed by atoms with Crippen molar-refractivity contribution in [2.45, 2.75) is 44.2 Å². The minimum Gasteiger partial charge on any atom is -0.481 e. The molecule has 1 aliphatic rings. The topological polar surface area (TPSA) is 69.6 Å². The average Bonchev–Trinajstić information content (AvgIpc) is 2.45. The van der Waals surface area contributed by atoms with Crippen LogP contribution in [0.2, 0.25) is 0 Å². The van der Waals surface area contributed by atoms with Gasteiger partial charge in [0, 0.05) is 17.1 Å². The summed E-state index contributed by atoms with van der Waals surface area (Å²) in [5.74, 6) is -1.04. The fourth-order valence-electron chi connectivity index (χ4n) is 2.82. The van der Waals surface area contributed by atoms with Gasteiger partial charge >= 0.3 is 5.97 Å². The van der Waals surface area contributed by atoms with Crippen molar-refractivity contribution in [1.29, 1.82) is 0 Å². The molecular weight excluding hydrogens is 334 g/mol. The summed E-state index contributed by atoms with van der Waals surface area (Å²) in [5.41, 5.74) is 0.374. The van der Waals surface area contributed by atoms with E-state index in [0.29, 0.717) is 32.2 Å². The molecule has 0 spiro atoms. The van der Waals surface area contributed by atoms with Gasteiger partial charge in [-0.2, -0.15) is 0 Å². The zero-order valence-electron chi connectivity index (χ0n) is 12.2. The minimum atomic E-state index is -0.785. The Kier molecular flexibility index (Phi) is 5.41. The number of aliphatic carboxylic acids is 1. The first-order valence-electron chi connectivity index (χ1n) is 7.34. The van der Waals surface area contributed by atoms with Crippen LogP contribution in [0.3, 0.4) is 0 Å². The molecule has 1 atom stereocenters. The highest BCUT2D eigenvalue weighted by Gasteiger charge is 2.35. The number of aliphatic hydroxyl groups is 1. The van der Waals surface area contributed by atoms with Crippen molar-refractivity contribution < 1.29 is 15.0 Å². The van der Waals surface area contributed by atoms with Crippen molar-refractivity contribution in [3.63, 3.8) is 0 Å². The van der Waals surface area contributed by atoms with Crippen LogP contribution in [0.5, 0.6) is 0 Å². The minimum absolute atomic E-state index is 0.142. The van der Waals surface area contributed by atoms with Gasteiger partial charge in [-0.15, -0.1) is 0 Å². The monoisotopic (exact) mass is 355 g/mol. The summed E-state index contributed by atoms with van der Waals surface area (Å²) >= 11 is 3.46. The third-order valence-corrected chi connectivity index (χ3v) is 4.84. The van der Waals surface area contributed by atoms with Gasteiger partial charge in [-0.1, -0.05) is 28.1 Å². The summed E-state index contributed by atoms with van der Waals surface area (Å²) in [4.78, 5) is 10.9. The Morgan fingerprint density at radius 3 is 2.71 bits per heavy atom. The largest absolute Gasteiger partial charge is 0.481 e. The number of carboxylic acid groups (broad SMARTS) is 1. The molecule has 0 aromatic heterocycles. The maximum absolute atomic E-state index is 10.9. The molecule has 2 rings (SSSR count). The van der Waals surface area contributed by atoms with Gasteiger partial charge in [0.25, 0.3) is 0 Å². The van der Waals surface area contributed by atoms with Crippen molar-refractivity contribution in [3.05, 3.63) is 34.3 Å². The summed E-state index contributed by atoms with van der Waals surface area (Å²) in [6.45, 7) is 2.56. The van der Waals surface area contributed by atoms with Crippen LogP contribution in [-0.4, -0.2) is 28.3 Å². The smallest absolute Gasteiger partial charge is 0.306 e. The molecule has 1 fully saturated rings. The highest BCUT2D eigenvalue weighted by atomic mass is 79.9. The van der Waals surface area contributed by atoms with Crippen molar-refractivity contribution in [2.24, 2.45) is 5.92 Å².